The van der Waals surface area contributed by atoms with Crippen LogP contribution in [0.25, 0.3) is 10.8 Å². The third-order valence-corrected chi connectivity index (χ3v) is 4.15. The molecule has 0 saturated heterocycles. The number of ether oxygens (including phenoxy) is 4. The van der Waals surface area contributed by atoms with E-state index >= 15 is 0 Å². The maximum Gasteiger partial charge on any atom is 0.145 e. The highest BCUT2D eigenvalue weighted by atomic mass is 35.5. The molecule has 7 heteroatoms. The van der Waals surface area contributed by atoms with Gasteiger partial charge in [0.15, 0.2) is 0 Å². The Morgan fingerprint density at radius 1 is 0.862 bits per heavy atom. The SMILES string of the molecule is C=CCOCC(O)COc1ccc2c(OCC(O)COCC=C)c(Cl)ccc2c1. The van der Waals surface area contributed by atoms with Crippen LogP contribution in [-0.2, 0) is 9.47 Å². The molecule has 2 atom stereocenters. The van der Waals surface area contributed by atoms with Crippen LogP contribution in [0.3, 0.4) is 0 Å². The highest BCUT2D eigenvalue weighted by Gasteiger charge is 2.12. The average molecular weight is 423 g/mol. The number of aliphatic hydroxyl groups excluding tert-OH is 2. The molecule has 2 N–H and O–H groups in total. The van der Waals surface area contributed by atoms with Crippen molar-refractivity contribution < 1.29 is 29.2 Å². The minimum absolute atomic E-state index is 0.0468. The van der Waals surface area contributed by atoms with E-state index in [9.17, 15) is 10.2 Å². The number of hydrogen-bond donors (Lipinski definition) is 2. The first-order chi connectivity index (χ1) is 14.0. The van der Waals surface area contributed by atoms with Crippen LogP contribution in [0.2, 0.25) is 5.02 Å². The number of rotatable bonds is 14. The van der Waals surface area contributed by atoms with Gasteiger partial charge in [-0.25, -0.2) is 0 Å². The van der Waals surface area contributed by atoms with Gasteiger partial charge in [-0.1, -0.05) is 29.8 Å². The molecule has 2 aromatic carbocycles. The van der Waals surface area contributed by atoms with Crippen molar-refractivity contribution in [3.8, 4) is 11.5 Å². The van der Waals surface area contributed by atoms with E-state index in [0.717, 1.165) is 10.8 Å². The monoisotopic (exact) mass is 422 g/mol. The van der Waals surface area contributed by atoms with Crippen molar-refractivity contribution in [1.29, 1.82) is 0 Å². The van der Waals surface area contributed by atoms with Crippen molar-refractivity contribution in [2.45, 2.75) is 12.2 Å². The van der Waals surface area contributed by atoms with Gasteiger partial charge in [-0.2, -0.15) is 0 Å². The van der Waals surface area contributed by atoms with Crippen LogP contribution in [0.1, 0.15) is 0 Å². The molecule has 158 valence electrons. The molecule has 0 radical (unpaired) electrons. The summed E-state index contributed by atoms with van der Waals surface area (Å²) in [5, 5.41) is 21.9. The van der Waals surface area contributed by atoms with Gasteiger partial charge >= 0.3 is 0 Å². The second-order valence-electron chi connectivity index (χ2n) is 6.34. The normalized spacial score (nSPS) is 13.1. The van der Waals surface area contributed by atoms with Crippen LogP contribution in [-0.4, -0.2) is 62.1 Å². The lowest BCUT2D eigenvalue weighted by atomic mass is 10.1. The van der Waals surface area contributed by atoms with Gasteiger partial charge in [0.2, 0.25) is 0 Å². The second-order valence-corrected chi connectivity index (χ2v) is 6.75. The minimum Gasteiger partial charge on any atom is -0.491 e. The van der Waals surface area contributed by atoms with E-state index in [4.69, 9.17) is 30.5 Å². The Balaban J connectivity index is 1.99. The molecular formula is C22H27ClO6. The number of hydrogen-bond acceptors (Lipinski definition) is 6. The number of fused-ring (bicyclic) bond motifs is 1. The van der Waals surface area contributed by atoms with Crippen molar-refractivity contribution in [2.75, 3.05) is 39.6 Å². The third-order valence-electron chi connectivity index (χ3n) is 3.85. The maximum absolute atomic E-state index is 9.96. The predicted octanol–water partition coefficient (Wildman–Crippen LogP) is 3.38. The highest BCUT2D eigenvalue weighted by Crippen LogP contribution is 2.35. The van der Waals surface area contributed by atoms with E-state index in [0.29, 0.717) is 29.7 Å². The second kappa shape index (κ2) is 12.5. The fraction of sp³-hybridized carbons (Fsp3) is 0.364. The summed E-state index contributed by atoms with van der Waals surface area (Å²) >= 11 is 6.28. The van der Waals surface area contributed by atoms with E-state index in [1.54, 1.807) is 24.3 Å². The maximum atomic E-state index is 9.96. The number of aliphatic hydroxyl groups is 2. The molecule has 0 spiro atoms. The largest absolute Gasteiger partial charge is 0.491 e. The summed E-state index contributed by atoms with van der Waals surface area (Å²) in [6.07, 6.45) is 1.71. The summed E-state index contributed by atoms with van der Waals surface area (Å²) in [5.74, 6) is 1.09. The van der Waals surface area contributed by atoms with Crippen molar-refractivity contribution in [3.63, 3.8) is 0 Å². The fourth-order valence-electron chi connectivity index (χ4n) is 2.53. The van der Waals surface area contributed by atoms with Gasteiger partial charge in [0.1, 0.15) is 36.9 Å². The summed E-state index contributed by atoms with van der Waals surface area (Å²) in [5.41, 5.74) is 0. The number of benzene rings is 2. The molecule has 0 aliphatic heterocycles. The third kappa shape index (κ3) is 7.68. The Hall–Kier alpha value is -2.09. The average Bonchev–Trinajstić information content (AvgIpc) is 2.72. The Morgan fingerprint density at radius 3 is 2.10 bits per heavy atom. The zero-order chi connectivity index (χ0) is 21.1. The van der Waals surface area contributed by atoms with Crippen molar-refractivity contribution >= 4 is 22.4 Å². The van der Waals surface area contributed by atoms with Gasteiger partial charge in [-0.15, -0.1) is 13.2 Å². The van der Waals surface area contributed by atoms with Gasteiger partial charge in [-0.05, 0) is 29.7 Å². The molecule has 29 heavy (non-hydrogen) atoms. The standard InChI is InChI=1S/C22H27ClO6/c1-3-9-26-12-17(24)14-28-19-6-7-20-16(11-19)5-8-21(23)22(20)29-15-18(25)13-27-10-4-2/h3-8,11,17-18,24-25H,1-2,9-10,12-15H2. The highest BCUT2D eigenvalue weighted by molar-refractivity contribution is 6.33. The van der Waals surface area contributed by atoms with Crippen molar-refractivity contribution in [1.82, 2.24) is 0 Å². The Labute approximate surface area is 175 Å². The molecule has 0 heterocycles. The zero-order valence-electron chi connectivity index (χ0n) is 16.3. The molecular weight excluding hydrogens is 396 g/mol. The van der Waals surface area contributed by atoms with E-state index in [-0.39, 0.29) is 26.4 Å². The van der Waals surface area contributed by atoms with Crippen LogP contribution < -0.4 is 9.47 Å². The molecule has 0 aromatic heterocycles. The summed E-state index contributed by atoms with van der Waals surface area (Å²) in [6, 6.07) is 9.01. The summed E-state index contributed by atoms with van der Waals surface area (Å²) in [6.45, 7) is 8.32. The van der Waals surface area contributed by atoms with Gasteiger partial charge in [0.25, 0.3) is 0 Å². The van der Waals surface area contributed by atoms with Gasteiger partial charge in [0.05, 0.1) is 31.5 Å². The van der Waals surface area contributed by atoms with Crippen LogP contribution in [0.4, 0.5) is 0 Å². The summed E-state index contributed by atoms with van der Waals surface area (Å²) in [7, 11) is 0. The Bertz CT molecular complexity index is 794. The van der Waals surface area contributed by atoms with Crippen molar-refractivity contribution in [3.05, 3.63) is 60.7 Å². The van der Waals surface area contributed by atoms with E-state index < -0.39 is 12.2 Å². The number of halogens is 1. The summed E-state index contributed by atoms with van der Waals surface area (Å²) < 4.78 is 21.8. The molecule has 2 aromatic rings. The first-order valence-electron chi connectivity index (χ1n) is 9.26. The quantitative estimate of drug-likeness (QED) is 0.359. The zero-order valence-corrected chi connectivity index (χ0v) is 17.0. The van der Waals surface area contributed by atoms with Crippen LogP contribution in [0, 0.1) is 0 Å². The molecule has 6 nitrogen and oxygen atoms in total. The van der Waals surface area contributed by atoms with Gasteiger partial charge in [0, 0.05) is 5.39 Å². The molecule has 0 saturated carbocycles. The van der Waals surface area contributed by atoms with Crippen LogP contribution >= 0.6 is 11.6 Å². The Morgan fingerprint density at radius 2 is 1.48 bits per heavy atom. The molecule has 0 bridgehead atoms. The van der Waals surface area contributed by atoms with Gasteiger partial charge < -0.3 is 29.2 Å². The first kappa shape index (κ1) is 23.2. The topological polar surface area (TPSA) is 77.4 Å². The lowest BCUT2D eigenvalue weighted by molar-refractivity contribution is 0.0214. The lowest BCUT2D eigenvalue weighted by Crippen LogP contribution is -2.23. The molecule has 2 rings (SSSR count). The Kier molecular flexibility index (Phi) is 9.97. The summed E-state index contributed by atoms with van der Waals surface area (Å²) in [4.78, 5) is 0. The molecule has 0 fully saturated rings. The molecule has 2 unspecified atom stereocenters. The fourth-order valence-corrected chi connectivity index (χ4v) is 2.75. The first-order valence-corrected chi connectivity index (χ1v) is 9.64. The molecule has 0 amide bonds. The van der Waals surface area contributed by atoms with Crippen LogP contribution in [0.15, 0.2) is 55.6 Å². The molecule has 0 aliphatic rings. The van der Waals surface area contributed by atoms with Gasteiger partial charge in [-0.3, -0.25) is 0 Å². The smallest absolute Gasteiger partial charge is 0.145 e. The molecule has 0 aliphatic carbocycles. The minimum atomic E-state index is -0.784. The van der Waals surface area contributed by atoms with E-state index in [1.165, 1.54) is 0 Å². The van der Waals surface area contributed by atoms with Crippen molar-refractivity contribution in [2.24, 2.45) is 0 Å². The predicted molar refractivity (Wildman–Crippen MR) is 114 cm³/mol. The van der Waals surface area contributed by atoms with E-state index in [2.05, 4.69) is 13.2 Å². The van der Waals surface area contributed by atoms with E-state index in [1.807, 2.05) is 18.2 Å². The van der Waals surface area contributed by atoms with Crippen LogP contribution in [0.5, 0.6) is 11.5 Å². The lowest BCUT2D eigenvalue weighted by Gasteiger charge is -2.16.